The van der Waals surface area contributed by atoms with E-state index in [0.717, 1.165) is 29.4 Å². The van der Waals surface area contributed by atoms with Crippen molar-refractivity contribution in [2.45, 2.75) is 23.6 Å². The zero-order valence-corrected chi connectivity index (χ0v) is 12.5. The standard InChI is InChI=1S/C13H16FN3OS2/c14-10-5-4-6-11(9-10)15-12-16-17-13(20-12)19-8-3-1-2-7-18/h4-6,9,18H,1-3,7-8H2,(H,15,16). The maximum Gasteiger partial charge on any atom is 0.210 e. The lowest BCUT2D eigenvalue weighted by Gasteiger charge is -2.00. The number of aliphatic hydroxyl groups excluding tert-OH is 1. The molecule has 1 heterocycles. The highest BCUT2D eigenvalue weighted by atomic mass is 32.2. The molecule has 4 nitrogen and oxygen atoms in total. The van der Waals surface area contributed by atoms with Gasteiger partial charge in [-0.05, 0) is 31.0 Å². The number of anilines is 2. The number of nitrogens with one attached hydrogen (secondary N) is 1. The summed E-state index contributed by atoms with van der Waals surface area (Å²) in [5.41, 5.74) is 0.667. The molecule has 2 N–H and O–H groups in total. The third kappa shape index (κ3) is 5.07. The summed E-state index contributed by atoms with van der Waals surface area (Å²) in [5, 5.41) is 20.5. The summed E-state index contributed by atoms with van der Waals surface area (Å²) in [7, 11) is 0. The Morgan fingerprint density at radius 1 is 1.25 bits per heavy atom. The van der Waals surface area contributed by atoms with Crippen molar-refractivity contribution in [2.75, 3.05) is 17.7 Å². The van der Waals surface area contributed by atoms with Crippen LogP contribution in [0, 0.1) is 5.82 Å². The minimum atomic E-state index is -0.280. The Balaban J connectivity index is 1.80. The first-order chi connectivity index (χ1) is 9.78. The van der Waals surface area contributed by atoms with E-state index < -0.39 is 0 Å². The molecule has 1 aromatic carbocycles. The van der Waals surface area contributed by atoms with Crippen molar-refractivity contribution in [3.63, 3.8) is 0 Å². The highest BCUT2D eigenvalue weighted by Gasteiger charge is 2.05. The van der Waals surface area contributed by atoms with Crippen molar-refractivity contribution < 1.29 is 9.50 Å². The molecule has 20 heavy (non-hydrogen) atoms. The fraction of sp³-hybridized carbons (Fsp3) is 0.385. The van der Waals surface area contributed by atoms with Crippen LogP contribution in [0.5, 0.6) is 0 Å². The van der Waals surface area contributed by atoms with Crippen molar-refractivity contribution in [2.24, 2.45) is 0 Å². The lowest BCUT2D eigenvalue weighted by Crippen LogP contribution is -1.89. The van der Waals surface area contributed by atoms with E-state index in [9.17, 15) is 4.39 Å². The third-order valence-corrected chi connectivity index (χ3v) is 4.57. The first-order valence-electron chi connectivity index (χ1n) is 6.37. The lowest BCUT2D eigenvalue weighted by atomic mass is 10.3. The fourth-order valence-corrected chi connectivity index (χ4v) is 3.40. The quantitative estimate of drug-likeness (QED) is 0.575. The van der Waals surface area contributed by atoms with E-state index in [1.54, 1.807) is 23.9 Å². The van der Waals surface area contributed by atoms with Crippen molar-refractivity contribution in [1.29, 1.82) is 0 Å². The summed E-state index contributed by atoms with van der Waals surface area (Å²) in [6.07, 6.45) is 2.93. The van der Waals surface area contributed by atoms with Gasteiger partial charge in [0.15, 0.2) is 4.34 Å². The number of aliphatic hydroxyl groups is 1. The molecule has 0 bridgehead atoms. The number of halogens is 1. The van der Waals surface area contributed by atoms with Gasteiger partial charge >= 0.3 is 0 Å². The largest absolute Gasteiger partial charge is 0.396 e. The highest BCUT2D eigenvalue weighted by molar-refractivity contribution is 8.01. The van der Waals surface area contributed by atoms with Crippen LogP contribution in [0.3, 0.4) is 0 Å². The normalized spacial score (nSPS) is 10.7. The van der Waals surface area contributed by atoms with Gasteiger partial charge in [-0.2, -0.15) is 0 Å². The molecule has 0 unspecified atom stereocenters. The number of thioether (sulfide) groups is 1. The number of benzene rings is 1. The van der Waals surface area contributed by atoms with Crippen LogP contribution >= 0.6 is 23.1 Å². The van der Waals surface area contributed by atoms with Gasteiger partial charge in [-0.3, -0.25) is 0 Å². The van der Waals surface area contributed by atoms with E-state index in [2.05, 4.69) is 15.5 Å². The zero-order chi connectivity index (χ0) is 14.2. The molecule has 0 atom stereocenters. The molecule has 2 aromatic rings. The molecule has 108 valence electrons. The van der Waals surface area contributed by atoms with Crippen LogP contribution in [0.1, 0.15) is 19.3 Å². The van der Waals surface area contributed by atoms with Gasteiger partial charge in [-0.25, -0.2) is 4.39 Å². The second-order valence-corrected chi connectivity index (χ2v) is 6.46. The van der Waals surface area contributed by atoms with Gasteiger partial charge < -0.3 is 10.4 Å². The molecule has 0 aliphatic carbocycles. The summed E-state index contributed by atoms with van der Waals surface area (Å²) >= 11 is 3.11. The summed E-state index contributed by atoms with van der Waals surface area (Å²) in [4.78, 5) is 0. The van der Waals surface area contributed by atoms with Crippen LogP contribution in [0.2, 0.25) is 0 Å². The van der Waals surface area contributed by atoms with Crippen molar-refractivity contribution in [1.82, 2.24) is 10.2 Å². The molecule has 0 amide bonds. The van der Waals surface area contributed by atoms with Gasteiger partial charge in [0, 0.05) is 18.0 Å². The topological polar surface area (TPSA) is 58.0 Å². The minimum Gasteiger partial charge on any atom is -0.396 e. The number of hydrogen-bond acceptors (Lipinski definition) is 6. The first-order valence-corrected chi connectivity index (χ1v) is 8.18. The fourth-order valence-electron chi connectivity index (χ4n) is 1.56. The van der Waals surface area contributed by atoms with E-state index >= 15 is 0 Å². The average Bonchev–Trinajstić information content (AvgIpc) is 2.86. The molecule has 0 aliphatic heterocycles. The van der Waals surface area contributed by atoms with Gasteiger partial charge in [0.1, 0.15) is 5.82 Å². The minimum absolute atomic E-state index is 0.255. The third-order valence-electron chi connectivity index (χ3n) is 2.51. The Labute approximate surface area is 125 Å². The van der Waals surface area contributed by atoms with E-state index in [0.29, 0.717) is 10.8 Å². The van der Waals surface area contributed by atoms with Crippen molar-refractivity contribution >= 4 is 33.9 Å². The summed E-state index contributed by atoms with van der Waals surface area (Å²) in [5.74, 6) is 0.687. The second kappa shape index (κ2) is 8.18. The van der Waals surface area contributed by atoms with Crippen LogP contribution < -0.4 is 5.32 Å². The van der Waals surface area contributed by atoms with E-state index in [-0.39, 0.29) is 12.4 Å². The van der Waals surface area contributed by atoms with Crippen molar-refractivity contribution in [3.05, 3.63) is 30.1 Å². The van der Waals surface area contributed by atoms with E-state index in [4.69, 9.17) is 5.11 Å². The molecule has 1 aromatic heterocycles. The molecule has 0 spiro atoms. The number of unbranched alkanes of at least 4 members (excludes halogenated alkanes) is 2. The molecular weight excluding hydrogens is 297 g/mol. The molecule has 0 fully saturated rings. The SMILES string of the molecule is OCCCCCSc1nnc(Nc2cccc(F)c2)s1. The molecule has 0 aliphatic rings. The Bertz CT molecular complexity index is 536. The zero-order valence-electron chi connectivity index (χ0n) is 10.9. The molecule has 7 heteroatoms. The monoisotopic (exact) mass is 313 g/mol. The maximum atomic E-state index is 13.0. The first kappa shape index (κ1) is 15.2. The van der Waals surface area contributed by atoms with Crippen LogP contribution in [-0.4, -0.2) is 27.7 Å². The summed E-state index contributed by atoms with van der Waals surface area (Å²) in [6.45, 7) is 0.255. The molecule has 2 rings (SSSR count). The van der Waals surface area contributed by atoms with Gasteiger partial charge in [-0.1, -0.05) is 35.6 Å². The number of rotatable bonds is 8. The smallest absolute Gasteiger partial charge is 0.210 e. The van der Waals surface area contributed by atoms with Crippen LogP contribution in [0.25, 0.3) is 0 Å². The Kier molecular flexibility index (Phi) is 6.23. The predicted molar refractivity (Wildman–Crippen MR) is 81.3 cm³/mol. The van der Waals surface area contributed by atoms with Gasteiger partial charge in [0.2, 0.25) is 5.13 Å². The highest BCUT2D eigenvalue weighted by Crippen LogP contribution is 2.28. The number of aromatic nitrogens is 2. The Morgan fingerprint density at radius 3 is 2.95 bits per heavy atom. The average molecular weight is 313 g/mol. The predicted octanol–water partition coefficient (Wildman–Crippen LogP) is 3.68. The number of nitrogens with zero attached hydrogens (tertiary/aromatic N) is 2. The van der Waals surface area contributed by atoms with E-state index in [1.807, 2.05) is 0 Å². The van der Waals surface area contributed by atoms with Crippen LogP contribution in [0.4, 0.5) is 15.2 Å². The molecular formula is C13H16FN3OS2. The molecule has 0 saturated carbocycles. The van der Waals surface area contributed by atoms with Gasteiger partial charge in [0.05, 0.1) is 0 Å². The van der Waals surface area contributed by atoms with Crippen LogP contribution in [0.15, 0.2) is 28.6 Å². The maximum absolute atomic E-state index is 13.0. The van der Waals surface area contributed by atoms with E-state index in [1.165, 1.54) is 23.5 Å². The number of hydrogen-bond donors (Lipinski definition) is 2. The Morgan fingerprint density at radius 2 is 2.15 bits per heavy atom. The van der Waals surface area contributed by atoms with Gasteiger partial charge in [0.25, 0.3) is 0 Å². The molecule has 0 saturated heterocycles. The lowest BCUT2D eigenvalue weighted by molar-refractivity contribution is 0.284. The Hall–Kier alpha value is -1.18. The van der Waals surface area contributed by atoms with Gasteiger partial charge in [-0.15, -0.1) is 10.2 Å². The van der Waals surface area contributed by atoms with Crippen LogP contribution in [-0.2, 0) is 0 Å². The molecule has 0 radical (unpaired) electrons. The second-order valence-electron chi connectivity index (χ2n) is 4.14. The van der Waals surface area contributed by atoms with Crippen molar-refractivity contribution in [3.8, 4) is 0 Å². The summed E-state index contributed by atoms with van der Waals surface area (Å²) in [6, 6.07) is 6.25. The summed E-state index contributed by atoms with van der Waals surface area (Å²) < 4.78 is 13.9.